The van der Waals surface area contributed by atoms with E-state index >= 15 is 0 Å². The van der Waals surface area contributed by atoms with Gasteiger partial charge < -0.3 is 4.90 Å². The summed E-state index contributed by atoms with van der Waals surface area (Å²) < 4.78 is 25.6. The number of anilines is 1. The van der Waals surface area contributed by atoms with Crippen LogP contribution < -0.4 is 4.72 Å². The number of rotatable bonds is 8. The molecule has 0 spiro atoms. The molecule has 5 heteroatoms. The highest BCUT2D eigenvalue weighted by atomic mass is 32.2. The molecule has 0 aromatic heterocycles. The smallest absolute Gasteiger partial charge is 0.229 e. The van der Waals surface area contributed by atoms with E-state index in [4.69, 9.17) is 0 Å². The normalized spacial score (nSPS) is 26.8. The van der Waals surface area contributed by atoms with Crippen LogP contribution in [0.25, 0.3) is 0 Å². The molecule has 4 rings (SSSR count). The van der Waals surface area contributed by atoms with E-state index < -0.39 is 10.0 Å². The molecule has 4 nitrogen and oxygen atoms in total. The van der Waals surface area contributed by atoms with E-state index in [0.29, 0.717) is 17.5 Å². The van der Waals surface area contributed by atoms with E-state index in [9.17, 15) is 8.42 Å². The Bertz CT molecular complexity index is 915. The van der Waals surface area contributed by atoms with Gasteiger partial charge in [0, 0.05) is 24.2 Å². The Kier molecular flexibility index (Phi) is 5.23. The molecule has 2 atom stereocenters. The van der Waals surface area contributed by atoms with Crippen LogP contribution in [0.1, 0.15) is 30.9 Å². The molecule has 0 radical (unpaired) electrons. The number of aryl methyl sites for hydroxylation is 1. The molecule has 2 aromatic rings. The monoisotopic (exact) mass is 398 g/mol. The first-order valence-corrected chi connectivity index (χ1v) is 12.1. The summed E-state index contributed by atoms with van der Waals surface area (Å²) >= 11 is 0. The minimum Gasteiger partial charge on any atom is -0.303 e. The molecule has 1 aliphatic heterocycles. The van der Waals surface area contributed by atoms with Gasteiger partial charge in [-0.25, -0.2) is 8.42 Å². The van der Waals surface area contributed by atoms with Crippen molar-refractivity contribution in [3.63, 3.8) is 0 Å². The maximum Gasteiger partial charge on any atom is 0.229 e. The summed E-state index contributed by atoms with van der Waals surface area (Å²) in [7, 11) is -3.24. The lowest BCUT2D eigenvalue weighted by Gasteiger charge is -2.24. The van der Waals surface area contributed by atoms with Gasteiger partial charge >= 0.3 is 0 Å². The van der Waals surface area contributed by atoms with E-state index in [1.807, 2.05) is 18.2 Å². The van der Waals surface area contributed by atoms with Crippen molar-refractivity contribution in [2.45, 2.75) is 31.6 Å². The lowest BCUT2D eigenvalue weighted by molar-refractivity contribution is 0.272. The number of piperidine rings is 1. The van der Waals surface area contributed by atoms with Crippen molar-refractivity contribution in [3.8, 4) is 0 Å². The summed E-state index contributed by atoms with van der Waals surface area (Å²) in [6.07, 6.45) is 4.85. The number of hydrogen-bond donors (Lipinski definition) is 1. The first-order valence-electron chi connectivity index (χ1n) is 10.2. The summed E-state index contributed by atoms with van der Waals surface area (Å²) in [5.74, 6) is 1.38. The van der Waals surface area contributed by atoms with Gasteiger partial charge in [-0.3, -0.25) is 4.72 Å². The quantitative estimate of drug-likeness (QED) is 0.686. The Morgan fingerprint density at radius 2 is 1.75 bits per heavy atom. The first-order chi connectivity index (χ1) is 13.4. The molecule has 1 heterocycles. The largest absolute Gasteiger partial charge is 0.303 e. The van der Waals surface area contributed by atoms with Crippen LogP contribution in [0, 0.1) is 11.8 Å². The lowest BCUT2D eigenvalue weighted by atomic mass is 9.92. The third-order valence-corrected chi connectivity index (χ3v) is 7.25. The Morgan fingerprint density at radius 3 is 2.43 bits per heavy atom. The number of nitrogens with zero attached hydrogens (tertiary/aromatic N) is 1. The number of nitrogens with one attached hydrogen (secondary N) is 1. The molecule has 1 aliphatic carbocycles. The van der Waals surface area contributed by atoms with E-state index in [-0.39, 0.29) is 5.41 Å². The van der Waals surface area contributed by atoms with Crippen LogP contribution >= 0.6 is 0 Å². The van der Waals surface area contributed by atoms with Crippen LogP contribution in [0.3, 0.4) is 0 Å². The van der Waals surface area contributed by atoms with Crippen molar-refractivity contribution in [3.05, 3.63) is 65.7 Å². The van der Waals surface area contributed by atoms with E-state index in [0.717, 1.165) is 13.1 Å². The molecule has 1 saturated carbocycles. The fraction of sp³-hybridized carbons (Fsp3) is 0.478. The van der Waals surface area contributed by atoms with Crippen LogP contribution in [-0.2, 0) is 21.9 Å². The fourth-order valence-corrected chi connectivity index (χ4v) is 5.57. The van der Waals surface area contributed by atoms with Gasteiger partial charge in [-0.1, -0.05) is 49.4 Å². The minimum atomic E-state index is -3.24. The Morgan fingerprint density at radius 1 is 1.04 bits per heavy atom. The summed E-state index contributed by atoms with van der Waals surface area (Å²) in [5, 5.41) is 0. The lowest BCUT2D eigenvalue weighted by Crippen LogP contribution is -2.30. The average Bonchev–Trinajstić information content (AvgIpc) is 3.01. The second-order valence-corrected chi connectivity index (χ2v) is 10.4. The Balaban J connectivity index is 1.27. The number of benzene rings is 2. The molecule has 1 saturated heterocycles. The summed E-state index contributed by atoms with van der Waals surface area (Å²) in [5.41, 5.74) is 3.56. The highest BCUT2D eigenvalue weighted by molar-refractivity contribution is 7.92. The standard InChI is InChI=1S/C23H30N2O2S/c1-23(19-12-8-13-20(15-19)24-28(2,26)27)21-16-25(17-22(21)23)14-7-6-11-18-9-4-3-5-10-18/h3-5,8-10,12-13,15,21-22,24H,6-7,11,14,16-17H2,1-2H3. The molecular formula is C23H30N2O2S. The minimum absolute atomic E-state index is 0.190. The number of likely N-dealkylation sites (tertiary alicyclic amines) is 1. The highest BCUT2D eigenvalue weighted by Gasteiger charge is 2.65. The summed E-state index contributed by atoms with van der Waals surface area (Å²) in [6.45, 7) is 5.85. The van der Waals surface area contributed by atoms with Crippen molar-refractivity contribution in [1.29, 1.82) is 0 Å². The van der Waals surface area contributed by atoms with E-state index in [1.54, 1.807) is 0 Å². The van der Waals surface area contributed by atoms with Crippen molar-refractivity contribution in [2.24, 2.45) is 11.8 Å². The van der Waals surface area contributed by atoms with Crippen LogP contribution in [0.2, 0.25) is 0 Å². The van der Waals surface area contributed by atoms with Gasteiger partial charge in [-0.2, -0.15) is 0 Å². The predicted molar refractivity (Wildman–Crippen MR) is 115 cm³/mol. The molecule has 0 bridgehead atoms. The Hall–Kier alpha value is -1.85. The summed E-state index contributed by atoms with van der Waals surface area (Å²) in [4.78, 5) is 2.61. The van der Waals surface area contributed by atoms with Gasteiger partial charge in [0.05, 0.1) is 6.26 Å². The number of hydrogen-bond acceptors (Lipinski definition) is 3. The molecule has 1 N–H and O–H groups in total. The Labute approximate surface area is 169 Å². The zero-order chi connectivity index (χ0) is 19.8. The maximum atomic E-state index is 11.5. The topological polar surface area (TPSA) is 49.4 Å². The molecule has 2 fully saturated rings. The third kappa shape index (κ3) is 4.11. The second-order valence-electron chi connectivity index (χ2n) is 8.65. The SMILES string of the molecule is CC1(c2cccc(NS(C)(=O)=O)c2)C2CN(CCCCc3ccccc3)CC21. The van der Waals surface area contributed by atoms with Crippen molar-refractivity contribution in [1.82, 2.24) is 4.90 Å². The van der Waals surface area contributed by atoms with Crippen LogP contribution in [0.5, 0.6) is 0 Å². The fourth-order valence-electron chi connectivity index (χ4n) is 5.01. The van der Waals surface area contributed by atoms with E-state index in [2.05, 4.69) is 52.9 Å². The van der Waals surface area contributed by atoms with E-state index in [1.165, 1.54) is 43.2 Å². The third-order valence-electron chi connectivity index (χ3n) is 6.65. The predicted octanol–water partition coefficient (Wildman–Crippen LogP) is 3.90. The van der Waals surface area contributed by atoms with Crippen LogP contribution in [0.15, 0.2) is 54.6 Å². The molecule has 2 aromatic carbocycles. The van der Waals surface area contributed by atoms with Crippen molar-refractivity contribution in [2.75, 3.05) is 30.6 Å². The van der Waals surface area contributed by atoms with Crippen LogP contribution in [0.4, 0.5) is 5.69 Å². The second kappa shape index (κ2) is 7.53. The van der Waals surface area contributed by atoms with Gasteiger partial charge in [0.25, 0.3) is 0 Å². The van der Waals surface area contributed by atoms with Gasteiger partial charge in [0.1, 0.15) is 0 Å². The number of unbranched alkanes of at least 4 members (excludes halogenated alkanes) is 1. The van der Waals surface area contributed by atoms with Gasteiger partial charge in [-0.15, -0.1) is 0 Å². The van der Waals surface area contributed by atoms with Crippen molar-refractivity contribution >= 4 is 15.7 Å². The molecule has 2 aliphatic rings. The van der Waals surface area contributed by atoms with Gasteiger partial charge in [-0.05, 0) is 60.9 Å². The maximum absolute atomic E-state index is 11.5. The molecule has 150 valence electrons. The zero-order valence-electron chi connectivity index (χ0n) is 16.8. The molecule has 2 unspecified atom stereocenters. The highest BCUT2D eigenvalue weighted by Crippen LogP contribution is 2.63. The number of fused-ring (bicyclic) bond motifs is 1. The van der Waals surface area contributed by atoms with Gasteiger partial charge in [0.2, 0.25) is 10.0 Å². The van der Waals surface area contributed by atoms with Crippen molar-refractivity contribution < 1.29 is 8.42 Å². The van der Waals surface area contributed by atoms with Gasteiger partial charge in [0.15, 0.2) is 0 Å². The molecule has 28 heavy (non-hydrogen) atoms. The molecular weight excluding hydrogens is 368 g/mol. The summed E-state index contributed by atoms with van der Waals surface area (Å²) in [6, 6.07) is 18.7. The van der Waals surface area contributed by atoms with Crippen LogP contribution in [-0.4, -0.2) is 39.2 Å². The zero-order valence-corrected chi connectivity index (χ0v) is 17.6. The average molecular weight is 399 g/mol. The number of sulfonamides is 1. The first kappa shape index (κ1) is 19.5. The molecule has 0 amide bonds.